The second-order valence-electron chi connectivity index (χ2n) is 5.87. The maximum Gasteiger partial charge on any atom is 0.337 e. The molecule has 0 radical (unpaired) electrons. The van der Waals surface area contributed by atoms with E-state index < -0.39 is 5.97 Å². The molecule has 0 aromatic heterocycles. The van der Waals surface area contributed by atoms with E-state index in [9.17, 15) is 14.4 Å². The molecular formula is C20H22N2O4. The first kappa shape index (κ1) is 19.2. The number of hydrogen-bond acceptors (Lipinski definition) is 4. The number of hydrogen-bond donors (Lipinski definition) is 1. The van der Waals surface area contributed by atoms with Gasteiger partial charge < -0.3 is 15.0 Å². The molecule has 0 saturated heterocycles. The number of esters is 1. The number of nitrogens with zero attached hydrogens (tertiary/aromatic N) is 1. The monoisotopic (exact) mass is 354 g/mol. The number of benzene rings is 2. The summed E-state index contributed by atoms with van der Waals surface area (Å²) >= 11 is 0. The maximum atomic E-state index is 12.2. The van der Waals surface area contributed by atoms with Gasteiger partial charge in [0.1, 0.15) is 0 Å². The minimum atomic E-state index is -0.432. The average Bonchev–Trinajstić information content (AvgIpc) is 2.63. The number of ether oxygens (including phenoxy) is 1. The van der Waals surface area contributed by atoms with Crippen molar-refractivity contribution in [1.29, 1.82) is 0 Å². The van der Waals surface area contributed by atoms with Gasteiger partial charge in [-0.05, 0) is 43.3 Å². The number of amides is 2. The van der Waals surface area contributed by atoms with Gasteiger partial charge in [-0.15, -0.1) is 0 Å². The lowest BCUT2D eigenvalue weighted by molar-refractivity contribution is -0.117. The van der Waals surface area contributed by atoms with E-state index in [4.69, 9.17) is 0 Å². The Kier molecular flexibility index (Phi) is 6.49. The lowest BCUT2D eigenvalue weighted by Crippen LogP contribution is -2.31. The van der Waals surface area contributed by atoms with E-state index in [-0.39, 0.29) is 24.8 Å². The summed E-state index contributed by atoms with van der Waals surface area (Å²) in [5.74, 6) is -0.767. The number of anilines is 2. The summed E-state index contributed by atoms with van der Waals surface area (Å²) in [7, 11) is 1.31. The molecule has 0 heterocycles. The summed E-state index contributed by atoms with van der Waals surface area (Å²) < 4.78 is 4.63. The zero-order valence-corrected chi connectivity index (χ0v) is 15.1. The van der Waals surface area contributed by atoms with Crippen LogP contribution < -0.4 is 10.2 Å². The van der Waals surface area contributed by atoms with Crippen LogP contribution in [0.25, 0.3) is 0 Å². The molecule has 1 N–H and O–H groups in total. The first-order valence-electron chi connectivity index (χ1n) is 8.23. The van der Waals surface area contributed by atoms with Gasteiger partial charge >= 0.3 is 5.97 Å². The molecule has 136 valence electrons. The second-order valence-corrected chi connectivity index (χ2v) is 5.87. The summed E-state index contributed by atoms with van der Waals surface area (Å²) in [6, 6.07) is 14.0. The third-order valence-electron chi connectivity index (χ3n) is 3.88. The van der Waals surface area contributed by atoms with Crippen molar-refractivity contribution in [2.24, 2.45) is 0 Å². The SMILES string of the molecule is COC(=O)c1ccc(NC(=O)CCN(C(C)=O)c2ccc(C)cc2)cc1. The fraction of sp³-hybridized carbons (Fsp3) is 0.250. The van der Waals surface area contributed by atoms with Gasteiger partial charge in [-0.1, -0.05) is 17.7 Å². The van der Waals surface area contributed by atoms with Crippen LogP contribution in [0.1, 0.15) is 29.3 Å². The van der Waals surface area contributed by atoms with Crippen molar-refractivity contribution in [1.82, 2.24) is 0 Å². The molecule has 0 saturated carbocycles. The maximum absolute atomic E-state index is 12.2. The van der Waals surface area contributed by atoms with Crippen molar-refractivity contribution in [2.75, 3.05) is 23.9 Å². The topological polar surface area (TPSA) is 75.7 Å². The highest BCUT2D eigenvalue weighted by Gasteiger charge is 2.13. The highest BCUT2D eigenvalue weighted by molar-refractivity contribution is 5.95. The Bertz CT molecular complexity index is 782. The van der Waals surface area contributed by atoms with E-state index in [0.717, 1.165) is 11.3 Å². The molecule has 0 spiro atoms. The normalized spacial score (nSPS) is 10.1. The molecule has 2 aromatic rings. The molecule has 0 atom stereocenters. The standard InChI is InChI=1S/C20H22N2O4/c1-14-4-10-18(11-5-14)22(15(2)23)13-12-19(24)21-17-8-6-16(7-9-17)20(25)26-3/h4-11H,12-13H2,1-3H3,(H,21,24). The fourth-order valence-electron chi connectivity index (χ4n) is 2.44. The van der Waals surface area contributed by atoms with Crippen molar-refractivity contribution in [2.45, 2.75) is 20.3 Å². The van der Waals surface area contributed by atoms with Crippen molar-refractivity contribution in [3.05, 3.63) is 59.7 Å². The van der Waals surface area contributed by atoms with E-state index >= 15 is 0 Å². The summed E-state index contributed by atoms with van der Waals surface area (Å²) in [5, 5.41) is 2.75. The van der Waals surface area contributed by atoms with Gasteiger partial charge in [0, 0.05) is 31.3 Å². The second kappa shape index (κ2) is 8.80. The van der Waals surface area contributed by atoms with Crippen LogP contribution in [0.2, 0.25) is 0 Å². The summed E-state index contributed by atoms with van der Waals surface area (Å²) in [6.07, 6.45) is 0.159. The van der Waals surface area contributed by atoms with Gasteiger partial charge in [0.15, 0.2) is 0 Å². The molecule has 0 fully saturated rings. The number of aryl methyl sites for hydroxylation is 1. The van der Waals surface area contributed by atoms with Crippen LogP contribution in [0.5, 0.6) is 0 Å². The van der Waals surface area contributed by atoms with Crippen molar-refractivity contribution < 1.29 is 19.1 Å². The molecular weight excluding hydrogens is 332 g/mol. The molecule has 6 nitrogen and oxygen atoms in total. The van der Waals surface area contributed by atoms with E-state index in [0.29, 0.717) is 11.3 Å². The number of methoxy groups -OCH3 is 1. The fourth-order valence-corrected chi connectivity index (χ4v) is 2.44. The molecule has 0 unspecified atom stereocenters. The zero-order valence-electron chi connectivity index (χ0n) is 15.1. The number of nitrogens with one attached hydrogen (secondary N) is 1. The Hall–Kier alpha value is -3.15. The molecule has 0 aliphatic rings. The predicted octanol–water partition coefficient (Wildman–Crippen LogP) is 3.16. The summed E-state index contributed by atoms with van der Waals surface area (Å²) in [6.45, 7) is 3.73. The van der Waals surface area contributed by atoms with Crippen LogP contribution in [-0.2, 0) is 14.3 Å². The van der Waals surface area contributed by atoms with Gasteiger partial charge in [-0.3, -0.25) is 9.59 Å². The highest BCUT2D eigenvalue weighted by Crippen LogP contribution is 2.16. The molecule has 2 aromatic carbocycles. The van der Waals surface area contributed by atoms with Gasteiger partial charge in [-0.2, -0.15) is 0 Å². The Labute approximate surface area is 152 Å². The molecule has 0 aliphatic heterocycles. The van der Waals surface area contributed by atoms with Gasteiger partial charge in [0.05, 0.1) is 12.7 Å². The van der Waals surface area contributed by atoms with Gasteiger partial charge in [-0.25, -0.2) is 4.79 Å². The van der Waals surface area contributed by atoms with Crippen molar-refractivity contribution >= 4 is 29.2 Å². The molecule has 26 heavy (non-hydrogen) atoms. The highest BCUT2D eigenvalue weighted by atomic mass is 16.5. The van der Waals surface area contributed by atoms with Crippen LogP contribution >= 0.6 is 0 Å². The third-order valence-corrected chi connectivity index (χ3v) is 3.88. The van der Waals surface area contributed by atoms with Crippen LogP contribution in [-0.4, -0.2) is 31.4 Å². The minimum Gasteiger partial charge on any atom is -0.465 e. The Balaban J connectivity index is 1.95. The smallest absolute Gasteiger partial charge is 0.337 e. The lowest BCUT2D eigenvalue weighted by Gasteiger charge is -2.21. The average molecular weight is 354 g/mol. The van der Waals surface area contributed by atoms with Crippen LogP contribution in [0, 0.1) is 6.92 Å². The Morgan fingerprint density at radius 2 is 1.62 bits per heavy atom. The number of carbonyl (C=O) groups is 3. The lowest BCUT2D eigenvalue weighted by atomic mass is 10.2. The third kappa shape index (κ3) is 5.17. The minimum absolute atomic E-state index is 0.121. The summed E-state index contributed by atoms with van der Waals surface area (Å²) in [5.41, 5.74) is 2.85. The molecule has 6 heteroatoms. The number of rotatable bonds is 6. The molecule has 2 amide bonds. The quantitative estimate of drug-likeness (QED) is 0.809. The molecule has 2 rings (SSSR count). The zero-order chi connectivity index (χ0) is 19.1. The number of carbonyl (C=O) groups excluding carboxylic acids is 3. The van der Waals surface area contributed by atoms with E-state index in [1.54, 1.807) is 29.2 Å². The first-order chi connectivity index (χ1) is 12.4. The first-order valence-corrected chi connectivity index (χ1v) is 8.23. The Morgan fingerprint density at radius 3 is 2.15 bits per heavy atom. The molecule has 0 aliphatic carbocycles. The predicted molar refractivity (Wildman–Crippen MR) is 100 cm³/mol. The molecule has 0 bridgehead atoms. The summed E-state index contributed by atoms with van der Waals surface area (Å²) in [4.78, 5) is 37.0. The van der Waals surface area contributed by atoms with Crippen LogP contribution in [0.3, 0.4) is 0 Å². The Morgan fingerprint density at radius 1 is 1.00 bits per heavy atom. The van der Waals surface area contributed by atoms with E-state index in [1.165, 1.54) is 14.0 Å². The van der Waals surface area contributed by atoms with Gasteiger partial charge in [0.2, 0.25) is 11.8 Å². The van der Waals surface area contributed by atoms with E-state index in [2.05, 4.69) is 10.1 Å². The van der Waals surface area contributed by atoms with Crippen LogP contribution in [0.4, 0.5) is 11.4 Å². The van der Waals surface area contributed by atoms with Crippen molar-refractivity contribution in [3.8, 4) is 0 Å². The van der Waals surface area contributed by atoms with Gasteiger partial charge in [0.25, 0.3) is 0 Å². The largest absolute Gasteiger partial charge is 0.465 e. The van der Waals surface area contributed by atoms with E-state index in [1.807, 2.05) is 31.2 Å². The van der Waals surface area contributed by atoms with Crippen molar-refractivity contribution in [3.63, 3.8) is 0 Å². The van der Waals surface area contributed by atoms with Crippen LogP contribution in [0.15, 0.2) is 48.5 Å².